The van der Waals surface area contributed by atoms with Gasteiger partial charge in [0, 0.05) is 44.0 Å². The lowest BCUT2D eigenvalue weighted by Gasteiger charge is -2.34. The normalized spacial score (nSPS) is 16.5. The van der Waals surface area contributed by atoms with Crippen molar-refractivity contribution in [2.75, 3.05) is 38.1 Å². The van der Waals surface area contributed by atoms with Crippen LogP contribution in [-0.4, -0.2) is 62.7 Å². The van der Waals surface area contributed by atoms with Crippen molar-refractivity contribution in [2.24, 2.45) is 0 Å². The lowest BCUT2D eigenvalue weighted by atomic mass is 10.1. The Labute approximate surface area is 138 Å². The number of fused-ring (bicyclic) bond motifs is 4. The lowest BCUT2D eigenvalue weighted by molar-refractivity contribution is 0.313. The minimum Gasteiger partial charge on any atom is -0.367 e. The first-order valence-electron chi connectivity index (χ1n) is 8.10. The number of hydrogen-bond acceptors (Lipinski definition) is 6. The molecule has 4 aromatic heterocycles. The van der Waals surface area contributed by atoms with Gasteiger partial charge in [-0.25, -0.2) is 14.5 Å². The average molecular weight is 319 g/mol. The van der Waals surface area contributed by atoms with E-state index in [2.05, 4.69) is 26.8 Å². The Morgan fingerprint density at radius 2 is 1.79 bits per heavy atom. The summed E-state index contributed by atoms with van der Waals surface area (Å²) in [7, 11) is 2.16. The molecule has 0 radical (unpaired) electrons. The van der Waals surface area contributed by atoms with Gasteiger partial charge in [0.15, 0.2) is 0 Å². The molecule has 1 fully saturated rings. The van der Waals surface area contributed by atoms with Crippen LogP contribution in [0.1, 0.15) is 0 Å². The van der Waals surface area contributed by atoms with Crippen LogP contribution in [0.3, 0.4) is 0 Å². The van der Waals surface area contributed by atoms with E-state index in [1.165, 1.54) is 0 Å². The van der Waals surface area contributed by atoms with E-state index in [1.807, 2.05) is 29.0 Å². The first-order valence-corrected chi connectivity index (χ1v) is 8.10. The van der Waals surface area contributed by atoms with Gasteiger partial charge in [-0.2, -0.15) is 5.10 Å². The molecule has 24 heavy (non-hydrogen) atoms. The highest BCUT2D eigenvalue weighted by atomic mass is 15.3. The predicted octanol–water partition coefficient (Wildman–Crippen LogP) is 1.58. The molecule has 1 aliphatic rings. The molecule has 0 atom stereocenters. The smallest absolute Gasteiger partial charge is 0.136 e. The van der Waals surface area contributed by atoms with Crippen LogP contribution in [0.2, 0.25) is 0 Å². The Bertz CT molecular complexity index is 1050. The summed E-state index contributed by atoms with van der Waals surface area (Å²) in [6.07, 6.45) is 7.17. The molecule has 120 valence electrons. The predicted molar refractivity (Wildman–Crippen MR) is 93.3 cm³/mol. The Hall–Kier alpha value is -2.80. The van der Waals surface area contributed by atoms with E-state index < -0.39 is 0 Å². The van der Waals surface area contributed by atoms with E-state index in [-0.39, 0.29) is 0 Å². The van der Waals surface area contributed by atoms with E-state index in [0.717, 1.165) is 59.3 Å². The van der Waals surface area contributed by atoms with Crippen molar-refractivity contribution in [1.29, 1.82) is 0 Å². The second-order valence-electron chi connectivity index (χ2n) is 6.25. The zero-order chi connectivity index (χ0) is 16.1. The Balaban J connectivity index is 1.86. The molecule has 1 saturated heterocycles. The molecular weight excluding hydrogens is 302 g/mol. The van der Waals surface area contributed by atoms with Gasteiger partial charge >= 0.3 is 0 Å². The molecule has 0 unspecified atom stereocenters. The highest BCUT2D eigenvalue weighted by molar-refractivity contribution is 6.10. The van der Waals surface area contributed by atoms with Gasteiger partial charge in [0.05, 0.1) is 22.9 Å². The number of likely N-dealkylation sites (N-methyl/N-ethyl adjacent to an activating group) is 1. The monoisotopic (exact) mass is 319 g/mol. The fraction of sp³-hybridized carbons (Fsp3) is 0.294. The maximum Gasteiger partial charge on any atom is 0.136 e. The van der Waals surface area contributed by atoms with E-state index in [1.54, 1.807) is 12.5 Å². The summed E-state index contributed by atoms with van der Waals surface area (Å²) in [6, 6.07) is 4.00. The van der Waals surface area contributed by atoms with Crippen molar-refractivity contribution in [2.45, 2.75) is 0 Å². The summed E-state index contributed by atoms with van der Waals surface area (Å²) in [4.78, 5) is 18.0. The van der Waals surface area contributed by atoms with Crippen LogP contribution in [0, 0.1) is 0 Å². The number of piperazine rings is 1. The van der Waals surface area contributed by atoms with Crippen LogP contribution in [0.15, 0.2) is 37.1 Å². The molecule has 0 spiro atoms. The zero-order valence-electron chi connectivity index (χ0n) is 13.4. The number of hydrogen-bond donors (Lipinski definition) is 0. The first kappa shape index (κ1) is 13.6. The first-order chi connectivity index (χ1) is 11.8. The molecule has 0 amide bonds. The van der Waals surface area contributed by atoms with E-state index in [4.69, 9.17) is 10.1 Å². The largest absolute Gasteiger partial charge is 0.367 e. The van der Waals surface area contributed by atoms with Gasteiger partial charge in [-0.05, 0) is 19.2 Å². The molecule has 0 saturated carbocycles. The maximum absolute atomic E-state index is 4.83. The van der Waals surface area contributed by atoms with Crippen LogP contribution >= 0.6 is 0 Å². The van der Waals surface area contributed by atoms with Crippen molar-refractivity contribution >= 4 is 33.1 Å². The quantitative estimate of drug-likeness (QED) is 0.531. The SMILES string of the molecule is CN1CCN(c2c3ccncc3nc3c2nn2cnccc32)CC1. The molecule has 0 N–H and O–H groups in total. The van der Waals surface area contributed by atoms with Crippen LogP contribution in [-0.2, 0) is 0 Å². The summed E-state index contributed by atoms with van der Waals surface area (Å²) >= 11 is 0. The molecule has 1 aliphatic heterocycles. The molecule has 4 aromatic rings. The summed E-state index contributed by atoms with van der Waals surface area (Å²) in [5.41, 5.74) is 4.89. The molecule has 0 bridgehead atoms. The van der Waals surface area contributed by atoms with Gasteiger partial charge < -0.3 is 9.80 Å². The fourth-order valence-electron chi connectivity index (χ4n) is 3.44. The van der Waals surface area contributed by atoms with E-state index >= 15 is 0 Å². The van der Waals surface area contributed by atoms with Crippen molar-refractivity contribution in [1.82, 2.24) is 29.5 Å². The van der Waals surface area contributed by atoms with Gasteiger partial charge in [-0.3, -0.25) is 4.98 Å². The summed E-state index contributed by atoms with van der Waals surface area (Å²) in [6.45, 7) is 4.06. The minimum absolute atomic E-state index is 0.908. The van der Waals surface area contributed by atoms with Crippen molar-refractivity contribution in [3.63, 3.8) is 0 Å². The minimum atomic E-state index is 0.908. The molecule has 5 heterocycles. The third kappa shape index (κ3) is 1.94. The van der Waals surface area contributed by atoms with Crippen molar-refractivity contribution in [3.05, 3.63) is 37.1 Å². The third-order valence-electron chi connectivity index (χ3n) is 4.75. The summed E-state index contributed by atoms with van der Waals surface area (Å²) < 4.78 is 1.81. The maximum atomic E-state index is 4.83. The van der Waals surface area contributed by atoms with Crippen molar-refractivity contribution in [3.8, 4) is 0 Å². The Kier molecular flexibility index (Phi) is 2.90. The highest BCUT2D eigenvalue weighted by Gasteiger charge is 2.22. The molecular formula is C17H17N7. The zero-order valence-corrected chi connectivity index (χ0v) is 13.4. The number of anilines is 1. The average Bonchev–Trinajstić information content (AvgIpc) is 2.99. The second-order valence-corrected chi connectivity index (χ2v) is 6.25. The lowest BCUT2D eigenvalue weighted by Crippen LogP contribution is -2.44. The third-order valence-corrected chi connectivity index (χ3v) is 4.75. The van der Waals surface area contributed by atoms with Crippen LogP contribution in [0.25, 0.3) is 27.5 Å². The summed E-state index contributed by atoms with van der Waals surface area (Å²) in [5, 5.41) is 5.89. The molecule has 5 rings (SSSR count). The number of pyridine rings is 2. The molecule has 0 aliphatic carbocycles. The molecule has 7 nitrogen and oxygen atoms in total. The highest BCUT2D eigenvalue weighted by Crippen LogP contribution is 2.34. The standard InChI is InChI=1S/C17H17N7/c1-22-6-8-23(9-7-22)17-12-2-4-18-10-13(12)20-15-14-3-5-19-11-24(14)21-16(15)17/h2-5,10-11H,6-9H2,1H3. The number of rotatable bonds is 1. The van der Waals surface area contributed by atoms with Gasteiger partial charge in [-0.1, -0.05) is 0 Å². The molecule has 7 heteroatoms. The summed E-state index contributed by atoms with van der Waals surface area (Å²) in [5.74, 6) is 0. The van der Waals surface area contributed by atoms with Crippen LogP contribution in [0.4, 0.5) is 5.69 Å². The van der Waals surface area contributed by atoms with Gasteiger partial charge in [0.2, 0.25) is 0 Å². The van der Waals surface area contributed by atoms with Crippen molar-refractivity contribution < 1.29 is 0 Å². The molecule has 0 aromatic carbocycles. The van der Waals surface area contributed by atoms with Crippen LogP contribution in [0.5, 0.6) is 0 Å². The topological polar surface area (TPSA) is 62.5 Å². The fourth-order valence-corrected chi connectivity index (χ4v) is 3.44. The van der Waals surface area contributed by atoms with Crippen LogP contribution < -0.4 is 4.90 Å². The van der Waals surface area contributed by atoms with E-state index in [0.29, 0.717) is 0 Å². The van der Waals surface area contributed by atoms with Gasteiger partial charge in [0.25, 0.3) is 0 Å². The number of aromatic nitrogens is 5. The van der Waals surface area contributed by atoms with E-state index in [9.17, 15) is 0 Å². The number of nitrogens with zero attached hydrogens (tertiary/aromatic N) is 7. The Morgan fingerprint density at radius 3 is 2.67 bits per heavy atom. The Morgan fingerprint density at radius 1 is 0.958 bits per heavy atom. The van der Waals surface area contributed by atoms with Gasteiger partial charge in [-0.15, -0.1) is 0 Å². The second kappa shape index (κ2) is 5.10. The van der Waals surface area contributed by atoms with Gasteiger partial charge in [0.1, 0.15) is 17.4 Å².